The monoisotopic (exact) mass is 627 g/mol. The first kappa shape index (κ1) is 33.3. The molecular formula is C36H41N3O5S. The molecule has 0 unspecified atom stereocenters. The van der Waals surface area contributed by atoms with Gasteiger partial charge in [0.15, 0.2) is 0 Å². The molecule has 4 rings (SSSR count). The minimum absolute atomic E-state index is 0.0487. The van der Waals surface area contributed by atoms with Gasteiger partial charge in [0.25, 0.3) is 10.0 Å². The van der Waals surface area contributed by atoms with Gasteiger partial charge in [0.05, 0.1) is 17.2 Å². The van der Waals surface area contributed by atoms with Crippen LogP contribution in [0.2, 0.25) is 0 Å². The van der Waals surface area contributed by atoms with Crippen molar-refractivity contribution in [3.05, 3.63) is 126 Å². The number of nitrogens with one attached hydrogen (secondary N) is 1. The number of nitrogens with zero attached hydrogens (tertiary/aromatic N) is 2. The zero-order chi connectivity index (χ0) is 32.5. The molecule has 45 heavy (non-hydrogen) atoms. The highest BCUT2D eigenvalue weighted by Gasteiger charge is 2.35. The van der Waals surface area contributed by atoms with Crippen molar-refractivity contribution in [1.82, 2.24) is 10.2 Å². The highest BCUT2D eigenvalue weighted by Crippen LogP contribution is 2.27. The van der Waals surface area contributed by atoms with Gasteiger partial charge in [-0.1, -0.05) is 78.9 Å². The number of hydrogen-bond acceptors (Lipinski definition) is 5. The molecule has 8 nitrogen and oxygen atoms in total. The summed E-state index contributed by atoms with van der Waals surface area (Å²) >= 11 is 0. The average Bonchev–Trinajstić information content (AvgIpc) is 3.02. The van der Waals surface area contributed by atoms with Crippen molar-refractivity contribution < 1.29 is 22.7 Å². The van der Waals surface area contributed by atoms with E-state index in [2.05, 4.69) is 5.32 Å². The second kappa shape index (κ2) is 14.9. The van der Waals surface area contributed by atoms with Gasteiger partial charge in [0, 0.05) is 18.5 Å². The predicted octanol–water partition coefficient (Wildman–Crippen LogP) is 5.84. The molecule has 0 aliphatic rings. The fourth-order valence-electron chi connectivity index (χ4n) is 4.91. The minimum atomic E-state index is -4.17. The predicted molar refractivity (Wildman–Crippen MR) is 177 cm³/mol. The molecular weight excluding hydrogens is 586 g/mol. The van der Waals surface area contributed by atoms with E-state index < -0.39 is 34.1 Å². The molecule has 0 aliphatic carbocycles. The van der Waals surface area contributed by atoms with E-state index in [1.807, 2.05) is 88.4 Å². The third-order valence-electron chi connectivity index (χ3n) is 7.01. The zero-order valence-electron chi connectivity index (χ0n) is 26.2. The fraction of sp³-hybridized carbons (Fsp3) is 0.278. The van der Waals surface area contributed by atoms with Crippen molar-refractivity contribution in [1.29, 1.82) is 0 Å². The van der Waals surface area contributed by atoms with Crippen molar-refractivity contribution in [3.8, 4) is 5.75 Å². The van der Waals surface area contributed by atoms with Crippen LogP contribution in [0.3, 0.4) is 0 Å². The van der Waals surface area contributed by atoms with E-state index in [4.69, 9.17) is 4.74 Å². The highest BCUT2D eigenvalue weighted by molar-refractivity contribution is 7.92. The number of ether oxygens (including phenoxy) is 1. The summed E-state index contributed by atoms with van der Waals surface area (Å²) < 4.78 is 34.8. The lowest BCUT2D eigenvalue weighted by Crippen LogP contribution is -2.56. The third-order valence-corrected chi connectivity index (χ3v) is 8.80. The maximum atomic E-state index is 14.5. The SMILES string of the molecule is CCOc1ccc(N(CC(=O)N(Cc2ccccc2)[C@@H](Cc2ccccc2)C(=O)NC(C)(C)C)S(=O)(=O)c2ccccc2)cc1. The molecule has 0 bridgehead atoms. The van der Waals surface area contributed by atoms with E-state index in [1.54, 1.807) is 42.5 Å². The quantitative estimate of drug-likeness (QED) is 0.201. The number of anilines is 1. The van der Waals surface area contributed by atoms with Crippen LogP contribution >= 0.6 is 0 Å². The van der Waals surface area contributed by atoms with E-state index >= 15 is 0 Å². The van der Waals surface area contributed by atoms with Crippen LogP contribution in [0.25, 0.3) is 0 Å². The van der Waals surface area contributed by atoms with E-state index in [9.17, 15) is 18.0 Å². The molecule has 9 heteroatoms. The third kappa shape index (κ3) is 9.18. The summed E-state index contributed by atoms with van der Waals surface area (Å²) in [5.74, 6) is -0.261. The van der Waals surface area contributed by atoms with Crippen LogP contribution in [0.15, 0.2) is 120 Å². The summed E-state index contributed by atoms with van der Waals surface area (Å²) in [7, 11) is -4.17. The van der Waals surface area contributed by atoms with E-state index in [0.29, 0.717) is 18.0 Å². The largest absolute Gasteiger partial charge is 0.494 e. The molecule has 4 aromatic rings. The lowest BCUT2D eigenvalue weighted by molar-refractivity contribution is -0.140. The fourth-order valence-corrected chi connectivity index (χ4v) is 6.35. The maximum Gasteiger partial charge on any atom is 0.264 e. The summed E-state index contributed by atoms with van der Waals surface area (Å²) in [6.45, 7) is 7.55. The van der Waals surface area contributed by atoms with E-state index in [1.165, 1.54) is 17.0 Å². The van der Waals surface area contributed by atoms with Crippen molar-refractivity contribution >= 4 is 27.5 Å². The first-order valence-electron chi connectivity index (χ1n) is 15.0. The summed E-state index contributed by atoms with van der Waals surface area (Å²) in [6, 6.07) is 32.5. The number of sulfonamides is 1. The molecule has 4 aromatic carbocycles. The topological polar surface area (TPSA) is 96.0 Å². The second-order valence-corrected chi connectivity index (χ2v) is 13.6. The van der Waals surface area contributed by atoms with Crippen LogP contribution in [0.5, 0.6) is 5.75 Å². The molecule has 0 aliphatic heterocycles. The van der Waals surface area contributed by atoms with Crippen molar-refractivity contribution in [2.24, 2.45) is 0 Å². The van der Waals surface area contributed by atoms with Crippen LogP contribution in [0.1, 0.15) is 38.8 Å². The van der Waals surface area contributed by atoms with Crippen LogP contribution in [-0.4, -0.2) is 49.9 Å². The van der Waals surface area contributed by atoms with Gasteiger partial charge in [-0.2, -0.15) is 0 Å². The molecule has 0 saturated carbocycles. The standard InChI is InChI=1S/C36H41N3O5S/c1-5-44-31-23-21-30(22-24-31)39(45(42,43)32-19-13-8-14-20-32)27-34(40)38(26-29-17-11-7-12-18-29)33(35(41)37-36(2,3)4)25-28-15-9-6-10-16-28/h6-24,33H,5,25-27H2,1-4H3,(H,37,41)/t33-/m0/s1. The molecule has 0 heterocycles. The maximum absolute atomic E-state index is 14.5. The van der Waals surface area contributed by atoms with Gasteiger partial charge in [-0.25, -0.2) is 8.42 Å². The average molecular weight is 628 g/mol. The van der Waals surface area contributed by atoms with Crippen molar-refractivity contribution in [3.63, 3.8) is 0 Å². The normalized spacial score (nSPS) is 12.2. The smallest absolute Gasteiger partial charge is 0.264 e. The lowest BCUT2D eigenvalue weighted by atomic mass is 10.0. The molecule has 2 amide bonds. The summed E-state index contributed by atoms with van der Waals surface area (Å²) in [5.41, 5.74) is 1.43. The van der Waals surface area contributed by atoms with Crippen molar-refractivity contribution in [2.45, 2.75) is 57.1 Å². The Morgan fingerprint density at radius 2 is 1.31 bits per heavy atom. The molecule has 0 radical (unpaired) electrons. The molecule has 1 N–H and O–H groups in total. The van der Waals surface area contributed by atoms with Gasteiger partial charge in [0.2, 0.25) is 11.8 Å². The van der Waals surface area contributed by atoms with Crippen molar-refractivity contribution in [2.75, 3.05) is 17.5 Å². The molecule has 1 atom stereocenters. The minimum Gasteiger partial charge on any atom is -0.494 e. The van der Waals surface area contributed by atoms with Gasteiger partial charge in [-0.05, 0) is 75.2 Å². The Morgan fingerprint density at radius 3 is 1.84 bits per heavy atom. The number of carbonyl (C=O) groups excluding carboxylic acids is 2. The molecule has 0 saturated heterocycles. The number of rotatable bonds is 13. The first-order chi connectivity index (χ1) is 21.5. The van der Waals surface area contributed by atoms with E-state index in [-0.39, 0.29) is 23.8 Å². The van der Waals surface area contributed by atoms with Gasteiger partial charge >= 0.3 is 0 Å². The Balaban J connectivity index is 1.79. The Bertz CT molecular complexity index is 1640. The second-order valence-electron chi connectivity index (χ2n) is 11.7. The Kier molecular flexibility index (Phi) is 11.0. The molecule has 0 aromatic heterocycles. The Morgan fingerprint density at radius 1 is 0.778 bits per heavy atom. The summed E-state index contributed by atoms with van der Waals surface area (Å²) in [6.07, 6.45) is 0.246. The Labute approximate surface area is 266 Å². The lowest BCUT2D eigenvalue weighted by Gasteiger charge is -2.35. The molecule has 236 valence electrons. The number of benzene rings is 4. The van der Waals surface area contributed by atoms with Gasteiger partial charge < -0.3 is 15.0 Å². The number of hydrogen-bond donors (Lipinski definition) is 1. The van der Waals surface area contributed by atoms with Crippen LogP contribution in [0.4, 0.5) is 5.69 Å². The van der Waals surface area contributed by atoms with Crippen LogP contribution in [0, 0.1) is 0 Å². The highest BCUT2D eigenvalue weighted by atomic mass is 32.2. The number of amides is 2. The first-order valence-corrected chi connectivity index (χ1v) is 16.4. The van der Waals surface area contributed by atoms with Crippen LogP contribution in [-0.2, 0) is 32.6 Å². The van der Waals surface area contributed by atoms with Gasteiger partial charge in [-0.15, -0.1) is 0 Å². The summed E-state index contributed by atoms with van der Waals surface area (Å²) in [4.78, 5) is 30.0. The van der Waals surface area contributed by atoms with E-state index in [0.717, 1.165) is 15.4 Å². The van der Waals surface area contributed by atoms with Gasteiger partial charge in [-0.3, -0.25) is 13.9 Å². The molecule has 0 fully saturated rings. The molecule has 0 spiro atoms. The number of carbonyl (C=O) groups is 2. The van der Waals surface area contributed by atoms with Crippen LogP contribution < -0.4 is 14.4 Å². The summed E-state index contributed by atoms with van der Waals surface area (Å²) in [5, 5.41) is 3.04. The van der Waals surface area contributed by atoms with Gasteiger partial charge in [0.1, 0.15) is 18.3 Å². The zero-order valence-corrected chi connectivity index (χ0v) is 27.0. The Hall–Kier alpha value is -4.63.